The van der Waals surface area contributed by atoms with Crippen LogP contribution in [0, 0.1) is 0 Å². The summed E-state index contributed by atoms with van der Waals surface area (Å²) in [6.45, 7) is 0.811. The minimum absolute atomic E-state index is 0.105. The number of thiophene rings is 1. The van der Waals surface area contributed by atoms with Crippen LogP contribution >= 0.6 is 27.3 Å². The lowest BCUT2D eigenvalue weighted by Crippen LogP contribution is -2.27. The Kier molecular flexibility index (Phi) is 4.81. The maximum Gasteiger partial charge on any atom is 0.252 e. The van der Waals surface area contributed by atoms with Crippen LogP contribution in [0.3, 0.4) is 0 Å². The topological polar surface area (TPSA) is 64.3 Å². The number of hydrogen-bond donors (Lipinski definition) is 2. The van der Waals surface area contributed by atoms with Gasteiger partial charge in [0.1, 0.15) is 12.4 Å². The summed E-state index contributed by atoms with van der Waals surface area (Å²) in [7, 11) is 0. The SMILES string of the molecule is Nc1ccccc1OCCNC(=O)c1csc(Br)c1. The molecule has 6 heteroatoms. The summed E-state index contributed by atoms with van der Waals surface area (Å²) in [5.41, 5.74) is 6.98. The van der Waals surface area contributed by atoms with Crippen LogP contribution in [0.4, 0.5) is 5.69 Å². The van der Waals surface area contributed by atoms with Crippen molar-refractivity contribution in [2.45, 2.75) is 0 Å². The second-order valence-electron chi connectivity index (χ2n) is 3.78. The Morgan fingerprint density at radius 1 is 1.42 bits per heavy atom. The van der Waals surface area contributed by atoms with E-state index in [4.69, 9.17) is 10.5 Å². The zero-order chi connectivity index (χ0) is 13.7. The van der Waals surface area contributed by atoms with Crippen LogP contribution in [0.1, 0.15) is 10.4 Å². The molecule has 0 aliphatic rings. The highest BCUT2D eigenvalue weighted by atomic mass is 79.9. The monoisotopic (exact) mass is 340 g/mol. The Morgan fingerprint density at radius 3 is 2.89 bits per heavy atom. The molecule has 0 aliphatic heterocycles. The van der Waals surface area contributed by atoms with E-state index in [1.807, 2.05) is 12.1 Å². The molecule has 1 aromatic carbocycles. The first-order valence-corrected chi connectivity index (χ1v) is 7.33. The molecule has 3 N–H and O–H groups in total. The molecule has 2 rings (SSSR count). The molecular formula is C13H13BrN2O2S. The first-order valence-electron chi connectivity index (χ1n) is 5.66. The molecule has 0 fully saturated rings. The fourth-order valence-electron chi connectivity index (χ4n) is 1.47. The Morgan fingerprint density at radius 2 is 2.21 bits per heavy atom. The third-order valence-corrected chi connectivity index (χ3v) is 3.90. The van der Waals surface area contributed by atoms with Gasteiger partial charge >= 0.3 is 0 Å². The standard InChI is InChI=1S/C13H13BrN2O2S/c14-12-7-9(8-19-12)13(17)16-5-6-18-11-4-2-1-3-10(11)15/h1-4,7-8H,5-6,15H2,(H,16,17). The Labute approximate surface area is 123 Å². The fraction of sp³-hybridized carbons (Fsp3) is 0.154. The highest BCUT2D eigenvalue weighted by molar-refractivity contribution is 9.11. The van der Waals surface area contributed by atoms with Crippen molar-refractivity contribution in [1.29, 1.82) is 0 Å². The van der Waals surface area contributed by atoms with Crippen LogP contribution in [0.2, 0.25) is 0 Å². The number of para-hydroxylation sites is 2. The molecule has 4 nitrogen and oxygen atoms in total. The van der Waals surface area contributed by atoms with Gasteiger partial charge in [0.15, 0.2) is 0 Å². The van der Waals surface area contributed by atoms with Gasteiger partial charge in [0.2, 0.25) is 0 Å². The van der Waals surface area contributed by atoms with Crippen molar-refractivity contribution in [2.75, 3.05) is 18.9 Å². The van der Waals surface area contributed by atoms with E-state index < -0.39 is 0 Å². The first-order chi connectivity index (χ1) is 9.16. The number of ether oxygens (including phenoxy) is 1. The number of amides is 1. The van der Waals surface area contributed by atoms with E-state index in [0.29, 0.717) is 30.2 Å². The summed E-state index contributed by atoms with van der Waals surface area (Å²) in [5, 5.41) is 4.58. The summed E-state index contributed by atoms with van der Waals surface area (Å²) in [4.78, 5) is 11.7. The number of hydrogen-bond acceptors (Lipinski definition) is 4. The van der Waals surface area contributed by atoms with Gasteiger partial charge in [-0.1, -0.05) is 12.1 Å². The zero-order valence-corrected chi connectivity index (χ0v) is 12.5. The van der Waals surface area contributed by atoms with Crippen molar-refractivity contribution in [3.63, 3.8) is 0 Å². The Hall–Kier alpha value is -1.53. The third-order valence-electron chi connectivity index (χ3n) is 2.39. The van der Waals surface area contributed by atoms with Gasteiger partial charge < -0.3 is 15.8 Å². The average Bonchev–Trinajstić information content (AvgIpc) is 2.83. The van der Waals surface area contributed by atoms with E-state index in [1.165, 1.54) is 11.3 Å². The maximum atomic E-state index is 11.7. The number of anilines is 1. The number of halogens is 1. The van der Waals surface area contributed by atoms with Gasteiger partial charge in [-0.2, -0.15) is 0 Å². The summed E-state index contributed by atoms with van der Waals surface area (Å²) in [6, 6.07) is 9.06. The quantitative estimate of drug-likeness (QED) is 0.649. The van der Waals surface area contributed by atoms with Crippen molar-refractivity contribution in [3.05, 3.63) is 45.1 Å². The van der Waals surface area contributed by atoms with Crippen molar-refractivity contribution < 1.29 is 9.53 Å². The number of carbonyl (C=O) groups excluding carboxylic acids is 1. The van der Waals surface area contributed by atoms with Crippen molar-refractivity contribution in [3.8, 4) is 5.75 Å². The smallest absolute Gasteiger partial charge is 0.252 e. The minimum atomic E-state index is -0.105. The van der Waals surface area contributed by atoms with Gasteiger partial charge in [0, 0.05) is 5.38 Å². The Bertz CT molecular complexity index is 571. The number of rotatable bonds is 5. The lowest BCUT2D eigenvalue weighted by atomic mass is 10.3. The van der Waals surface area contributed by atoms with Crippen molar-refractivity contribution in [2.24, 2.45) is 0 Å². The van der Waals surface area contributed by atoms with Crippen LogP contribution in [0.15, 0.2) is 39.5 Å². The molecule has 1 aromatic heterocycles. The van der Waals surface area contributed by atoms with Crippen LogP contribution in [0.25, 0.3) is 0 Å². The van der Waals surface area contributed by atoms with Gasteiger partial charge in [-0.05, 0) is 34.1 Å². The molecule has 0 saturated carbocycles. The van der Waals surface area contributed by atoms with E-state index in [9.17, 15) is 4.79 Å². The molecular weight excluding hydrogens is 328 g/mol. The highest BCUT2D eigenvalue weighted by Crippen LogP contribution is 2.21. The van der Waals surface area contributed by atoms with Crippen LogP contribution < -0.4 is 15.8 Å². The molecule has 0 atom stereocenters. The molecule has 0 spiro atoms. The molecule has 0 radical (unpaired) electrons. The van der Waals surface area contributed by atoms with Gasteiger partial charge in [-0.3, -0.25) is 4.79 Å². The number of nitrogens with two attached hydrogens (primary N) is 1. The Balaban J connectivity index is 1.75. The van der Waals surface area contributed by atoms with Crippen LogP contribution in [-0.2, 0) is 0 Å². The lowest BCUT2D eigenvalue weighted by molar-refractivity contribution is 0.0947. The first kappa shape index (κ1) is 13.9. The lowest BCUT2D eigenvalue weighted by Gasteiger charge is -2.09. The van der Waals surface area contributed by atoms with Gasteiger partial charge in [0.05, 0.1) is 21.6 Å². The molecule has 1 heterocycles. The molecule has 0 saturated heterocycles. The van der Waals surface area contributed by atoms with Crippen LogP contribution in [0.5, 0.6) is 5.75 Å². The van der Waals surface area contributed by atoms with E-state index in [2.05, 4.69) is 21.2 Å². The average molecular weight is 341 g/mol. The molecule has 1 amide bonds. The maximum absolute atomic E-state index is 11.7. The summed E-state index contributed by atoms with van der Waals surface area (Å²) >= 11 is 4.80. The number of benzene rings is 1. The van der Waals surface area contributed by atoms with Crippen molar-refractivity contribution >= 4 is 38.9 Å². The highest BCUT2D eigenvalue weighted by Gasteiger charge is 2.07. The van der Waals surface area contributed by atoms with Crippen LogP contribution in [-0.4, -0.2) is 19.1 Å². The van der Waals surface area contributed by atoms with Gasteiger partial charge in [-0.15, -0.1) is 11.3 Å². The van der Waals surface area contributed by atoms with Gasteiger partial charge in [-0.25, -0.2) is 0 Å². The molecule has 0 bridgehead atoms. The molecule has 19 heavy (non-hydrogen) atoms. The number of nitrogens with one attached hydrogen (secondary N) is 1. The van der Waals surface area contributed by atoms with E-state index in [0.717, 1.165) is 3.79 Å². The summed E-state index contributed by atoms with van der Waals surface area (Å²) in [5.74, 6) is 0.529. The minimum Gasteiger partial charge on any atom is -0.490 e. The van der Waals surface area contributed by atoms with E-state index in [-0.39, 0.29) is 5.91 Å². The normalized spacial score (nSPS) is 10.2. The zero-order valence-electron chi connectivity index (χ0n) is 10.1. The largest absolute Gasteiger partial charge is 0.490 e. The molecule has 2 aromatic rings. The summed E-state index contributed by atoms with van der Waals surface area (Å²) in [6.07, 6.45) is 0. The predicted molar refractivity (Wildman–Crippen MR) is 80.7 cm³/mol. The fourth-order valence-corrected chi connectivity index (χ4v) is 2.61. The molecule has 100 valence electrons. The number of nitrogen functional groups attached to an aromatic ring is 1. The van der Waals surface area contributed by atoms with Crippen molar-refractivity contribution in [1.82, 2.24) is 5.32 Å². The third kappa shape index (κ3) is 3.97. The van der Waals surface area contributed by atoms with E-state index in [1.54, 1.807) is 23.6 Å². The molecule has 0 unspecified atom stereocenters. The molecule has 0 aliphatic carbocycles. The van der Waals surface area contributed by atoms with Gasteiger partial charge in [0.25, 0.3) is 5.91 Å². The predicted octanol–water partition coefficient (Wildman–Crippen LogP) is 2.90. The van der Waals surface area contributed by atoms with E-state index >= 15 is 0 Å². The second-order valence-corrected chi connectivity index (χ2v) is 6.07. The summed E-state index contributed by atoms with van der Waals surface area (Å²) < 4.78 is 6.42. The second kappa shape index (κ2) is 6.58. The number of carbonyl (C=O) groups is 1.